The largest absolute Gasteiger partial charge is 0.300 e. The lowest BCUT2D eigenvalue weighted by Crippen LogP contribution is -2.48. The van der Waals surface area contributed by atoms with E-state index < -0.39 is 0 Å². The minimum atomic E-state index is 0.520. The van der Waals surface area contributed by atoms with Gasteiger partial charge in [0.15, 0.2) is 0 Å². The van der Waals surface area contributed by atoms with E-state index in [4.69, 9.17) is 0 Å². The maximum Gasteiger partial charge on any atom is 0.136 e. The second kappa shape index (κ2) is 3.34. The minimum absolute atomic E-state index is 0.520. The van der Waals surface area contributed by atoms with E-state index in [1.165, 1.54) is 38.5 Å². The van der Waals surface area contributed by atoms with Gasteiger partial charge in [0.1, 0.15) is 5.78 Å². The number of ketones is 1. The number of hydrogen-bond acceptors (Lipinski definition) is 2. The highest BCUT2D eigenvalue weighted by Crippen LogP contribution is 2.39. The Morgan fingerprint density at radius 1 is 0.857 bits per heavy atom. The van der Waals surface area contributed by atoms with Gasteiger partial charge in [-0.1, -0.05) is 12.8 Å². The summed E-state index contributed by atoms with van der Waals surface area (Å²) >= 11 is 0. The van der Waals surface area contributed by atoms with Crippen LogP contribution in [0.25, 0.3) is 0 Å². The predicted octanol–water partition coefficient (Wildman–Crippen LogP) is 2.12. The molecule has 14 heavy (non-hydrogen) atoms. The van der Waals surface area contributed by atoms with Crippen LogP contribution < -0.4 is 0 Å². The summed E-state index contributed by atoms with van der Waals surface area (Å²) in [6.45, 7) is 0. The lowest BCUT2D eigenvalue weighted by atomic mass is 9.98. The lowest BCUT2D eigenvalue weighted by Gasteiger charge is -2.38. The number of fused-ring (bicyclic) bond motifs is 2. The van der Waals surface area contributed by atoms with Gasteiger partial charge in [-0.05, 0) is 25.7 Å². The Morgan fingerprint density at radius 3 is 2.00 bits per heavy atom. The Labute approximate surface area is 85.7 Å². The van der Waals surface area contributed by atoms with E-state index in [9.17, 15) is 4.79 Å². The first-order chi connectivity index (χ1) is 6.84. The average molecular weight is 193 g/mol. The summed E-state index contributed by atoms with van der Waals surface area (Å²) in [5.74, 6) is 0.520. The number of nitrogens with zero attached hydrogens (tertiary/aromatic N) is 1. The van der Waals surface area contributed by atoms with Gasteiger partial charge in [-0.2, -0.15) is 0 Å². The molecule has 3 rings (SSSR count). The fourth-order valence-corrected chi connectivity index (χ4v) is 3.80. The molecule has 0 unspecified atom stereocenters. The molecule has 1 aliphatic carbocycles. The molecule has 0 spiro atoms. The number of rotatable bonds is 1. The Bertz CT molecular complexity index is 229. The van der Waals surface area contributed by atoms with Crippen molar-refractivity contribution in [2.75, 3.05) is 0 Å². The third-order valence-corrected chi connectivity index (χ3v) is 4.35. The van der Waals surface area contributed by atoms with Gasteiger partial charge in [-0.25, -0.2) is 0 Å². The zero-order valence-corrected chi connectivity index (χ0v) is 8.74. The summed E-state index contributed by atoms with van der Waals surface area (Å²) in [5, 5.41) is 0. The zero-order valence-electron chi connectivity index (χ0n) is 8.74. The Balaban J connectivity index is 1.77. The van der Waals surface area contributed by atoms with Crippen LogP contribution in [0.4, 0.5) is 0 Å². The van der Waals surface area contributed by atoms with Crippen LogP contribution in [0.1, 0.15) is 51.4 Å². The standard InChI is InChI=1S/C12H19NO/c14-12-7-10-5-6-11(8-12)13(10)9-3-1-2-4-9/h9-11H,1-8H2/t10-,11-/m1/s1. The van der Waals surface area contributed by atoms with Crippen LogP contribution in [0.5, 0.6) is 0 Å². The van der Waals surface area contributed by atoms with E-state index in [-0.39, 0.29) is 0 Å². The molecule has 78 valence electrons. The number of carbonyl (C=O) groups excluding carboxylic acids is 1. The van der Waals surface area contributed by atoms with Gasteiger partial charge in [0, 0.05) is 31.0 Å². The molecule has 0 amide bonds. The Kier molecular flexibility index (Phi) is 2.12. The fraction of sp³-hybridized carbons (Fsp3) is 0.917. The number of Topliss-reactive ketones (excluding diaryl/α,β-unsaturated/α-hetero) is 1. The van der Waals surface area contributed by atoms with Crippen molar-refractivity contribution < 1.29 is 4.79 Å². The topological polar surface area (TPSA) is 20.3 Å². The van der Waals surface area contributed by atoms with Crippen LogP contribution in [-0.2, 0) is 4.79 Å². The molecular weight excluding hydrogens is 174 g/mol. The summed E-state index contributed by atoms with van der Waals surface area (Å²) in [5.41, 5.74) is 0. The van der Waals surface area contributed by atoms with Gasteiger partial charge < -0.3 is 0 Å². The van der Waals surface area contributed by atoms with Gasteiger partial charge in [-0.3, -0.25) is 9.69 Å². The molecular formula is C12H19NO. The van der Waals surface area contributed by atoms with Crippen molar-refractivity contribution in [3.63, 3.8) is 0 Å². The second-order valence-electron chi connectivity index (χ2n) is 5.22. The summed E-state index contributed by atoms with van der Waals surface area (Å²) in [6, 6.07) is 2.09. The maximum atomic E-state index is 11.5. The van der Waals surface area contributed by atoms with Crippen molar-refractivity contribution in [1.29, 1.82) is 0 Å². The van der Waals surface area contributed by atoms with Crippen molar-refractivity contribution in [1.82, 2.24) is 4.90 Å². The third kappa shape index (κ3) is 1.31. The van der Waals surface area contributed by atoms with E-state index in [0.717, 1.165) is 18.9 Å². The smallest absolute Gasteiger partial charge is 0.136 e. The molecule has 3 fully saturated rings. The predicted molar refractivity (Wildman–Crippen MR) is 55.1 cm³/mol. The molecule has 2 atom stereocenters. The fourth-order valence-electron chi connectivity index (χ4n) is 3.80. The molecule has 0 aromatic carbocycles. The summed E-state index contributed by atoms with van der Waals surface area (Å²) in [7, 11) is 0. The second-order valence-corrected chi connectivity index (χ2v) is 5.22. The monoisotopic (exact) mass is 193 g/mol. The van der Waals surface area contributed by atoms with Crippen LogP contribution >= 0.6 is 0 Å². The highest BCUT2D eigenvalue weighted by atomic mass is 16.1. The van der Waals surface area contributed by atoms with Gasteiger partial charge in [0.05, 0.1) is 0 Å². The third-order valence-electron chi connectivity index (χ3n) is 4.35. The normalized spacial score (nSPS) is 39.6. The molecule has 2 bridgehead atoms. The first-order valence-corrected chi connectivity index (χ1v) is 6.14. The number of carbonyl (C=O) groups is 1. The molecule has 0 aromatic heterocycles. The molecule has 2 nitrogen and oxygen atoms in total. The van der Waals surface area contributed by atoms with Crippen LogP contribution in [0, 0.1) is 0 Å². The van der Waals surface area contributed by atoms with Crippen LogP contribution in [0.2, 0.25) is 0 Å². The van der Waals surface area contributed by atoms with E-state index >= 15 is 0 Å². The molecule has 0 radical (unpaired) electrons. The first kappa shape index (κ1) is 8.90. The average Bonchev–Trinajstić information content (AvgIpc) is 2.72. The highest BCUT2D eigenvalue weighted by molar-refractivity contribution is 5.81. The highest BCUT2D eigenvalue weighted by Gasteiger charge is 2.43. The zero-order chi connectivity index (χ0) is 9.54. The van der Waals surface area contributed by atoms with E-state index in [0.29, 0.717) is 17.9 Å². The van der Waals surface area contributed by atoms with Crippen molar-refractivity contribution in [3.05, 3.63) is 0 Å². The molecule has 2 aliphatic heterocycles. The van der Waals surface area contributed by atoms with Crippen molar-refractivity contribution >= 4 is 5.78 Å². The van der Waals surface area contributed by atoms with E-state index in [1.807, 2.05) is 0 Å². The first-order valence-electron chi connectivity index (χ1n) is 6.14. The molecule has 3 aliphatic rings. The quantitative estimate of drug-likeness (QED) is 0.636. The SMILES string of the molecule is O=C1C[C@H]2CC[C@H](C1)N2C1CCCC1. The van der Waals surface area contributed by atoms with Gasteiger partial charge in [0.2, 0.25) is 0 Å². The molecule has 2 heteroatoms. The van der Waals surface area contributed by atoms with Crippen molar-refractivity contribution in [2.45, 2.75) is 69.5 Å². The van der Waals surface area contributed by atoms with Gasteiger partial charge in [0.25, 0.3) is 0 Å². The summed E-state index contributed by atoms with van der Waals surface area (Å²) in [6.07, 6.45) is 9.88. The van der Waals surface area contributed by atoms with Crippen LogP contribution in [0.3, 0.4) is 0 Å². The van der Waals surface area contributed by atoms with Crippen LogP contribution in [-0.4, -0.2) is 28.8 Å². The van der Waals surface area contributed by atoms with E-state index in [1.54, 1.807) is 0 Å². The molecule has 0 aromatic rings. The molecule has 2 saturated heterocycles. The number of piperidine rings is 1. The van der Waals surface area contributed by atoms with Crippen LogP contribution in [0.15, 0.2) is 0 Å². The van der Waals surface area contributed by atoms with E-state index in [2.05, 4.69) is 4.90 Å². The van der Waals surface area contributed by atoms with Gasteiger partial charge in [-0.15, -0.1) is 0 Å². The molecule has 2 heterocycles. The minimum Gasteiger partial charge on any atom is -0.300 e. The van der Waals surface area contributed by atoms with Crippen molar-refractivity contribution in [3.8, 4) is 0 Å². The summed E-state index contributed by atoms with van der Waals surface area (Å²) in [4.78, 5) is 14.2. The van der Waals surface area contributed by atoms with Crippen molar-refractivity contribution in [2.24, 2.45) is 0 Å². The lowest BCUT2D eigenvalue weighted by molar-refractivity contribution is -0.124. The molecule has 0 N–H and O–H groups in total. The van der Waals surface area contributed by atoms with Gasteiger partial charge >= 0.3 is 0 Å². The summed E-state index contributed by atoms with van der Waals surface area (Å²) < 4.78 is 0. The number of hydrogen-bond donors (Lipinski definition) is 0. The molecule has 1 saturated carbocycles. The maximum absolute atomic E-state index is 11.5. The Hall–Kier alpha value is -0.370. The Morgan fingerprint density at radius 2 is 1.43 bits per heavy atom.